The minimum atomic E-state index is -4.22. The van der Waals surface area contributed by atoms with E-state index in [2.05, 4.69) is 20.8 Å². The van der Waals surface area contributed by atoms with Crippen molar-refractivity contribution >= 4 is 62.2 Å². The average Bonchev–Trinajstić information content (AvgIpc) is 3.13. The maximum Gasteiger partial charge on any atom is 0.323 e. The van der Waals surface area contributed by atoms with Crippen LogP contribution in [0.15, 0.2) is 35.2 Å². The molecule has 1 saturated heterocycles. The summed E-state index contributed by atoms with van der Waals surface area (Å²) in [4.78, 5) is 16.6. The van der Waals surface area contributed by atoms with Gasteiger partial charge in [-0.3, -0.25) is 0 Å². The second-order valence-electron chi connectivity index (χ2n) is 5.88. The lowest BCUT2D eigenvalue weighted by atomic mass is 10.3. The van der Waals surface area contributed by atoms with Crippen molar-refractivity contribution in [2.75, 3.05) is 17.2 Å². The summed E-state index contributed by atoms with van der Waals surface area (Å²) in [5, 5.41) is 15.4. The number of carbonyl (C=O) groups excluding carboxylic acids is 1. The van der Waals surface area contributed by atoms with Gasteiger partial charge in [0, 0.05) is 6.42 Å². The first-order chi connectivity index (χ1) is 13.7. The van der Waals surface area contributed by atoms with Crippen molar-refractivity contribution in [3.05, 3.63) is 45.4 Å². The Bertz CT molecular complexity index is 1050. The van der Waals surface area contributed by atoms with Gasteiger partial charge in [0.25, 0.3) is 0 Å². The predicted molar refractivity (Wildman–Crippen MR) is 110 cm³/mol. The molecule has 9 nitrogen and oxygen atoms in total. The van der Waals surface area contributed by atoms with Crippen LogP contribution in [-0.4, -0.2) is 32.3 Å². The van der Waals surface area contributed by atoms with E-state index in [0.717, 1.165) is 0 Å². The van der Waals surface area contributed by atoms with Crippen molar-refractivity contribution < 1.29 is 23.2 Å². The van der Waals surface area contributed by atoms with Gasteiger partial charge in [-0.15, -0.1) is 0 Å². The topological polar surface area (TPSA) is 129 Å². The Kier molecular flexibility index (Phi) is 6.74. The van der Waals surface area contributed by atoms with Gasteiger partial charge < -0.3 is 20.6 Å². The van der Waals surface area contributed by atoms with E-state index in [-0.39, 0.29) is 26.4 Å². The van der Waals surface area contributed by atoms with Crippen molar-refractivity contribution in [3.8, 4) is 5.75 Å². The molecule has 13 heteroatoms. The molecule has 29 heavy (non-hydrogen) atoms. The highest BCUT2D eigenvalue weighted by molar-refractivity contribution is 7.89. The van der Waals surface area contributed by atoms with E-state index >= 15 is 0 Å². The number of urea groups is 1. The Balaban J connectivity index is 1.82. The largest absolute Gasteiger partial charge is 0.504 e. The fraction of sp³-hybridized carbons (Fsp3) is 0.188. The van der Waals surface area contributed by atoms with E-state index < -0.39 is 32.9 Å². The Labute approximate surface area is 181 Å². The minimum absolute atomic E-state index is 0.128. The van der Waals surface area contributed by atoms with Crippen LogP contribution in [0.2, 0.25) is 15.1 Å². The quantitative estimate of drug-likeness (QED) is 0.416. The van der Waals surface area contributed by atoms with Crippen LogP contribution in [0.3, 0.4) is 0 Å². The number of rotatable bonds is 5. The summed E-state index contributed by atoms with van der Waals surface area (Å²) >= 11 is 17.9. The summed E-state index contributed by atoms with van der Waals surface area (Å²) in [7, 11) is -4.22. The Morgan fingerprint density at radius 3 is 2.52 bits per heavy atom. The molecule has 0 saturated carbocycles. The number of anilines is 2. The summed E-state index contributed by atoms with van der Waals surface area (Å²) < 4.78 is 27.6. The lowest BCUT2D eigenvalue weighted by Gasteiger charge is -2.16. The fourth-order valence-electron chi connectivity index (χ4n) is 2.50. The molecular weight excluding hydrogens is 467 g/mol. The molecule has 1 heterocycles. The maximum atomic E-state index is 12.6. The Morgan fingerprint density at radius 1 is 1.10 bits per heavy atom. The van der Waals surface area contributed by atoms with Crippen LogP contribution in [0.4, 0.5) is 16.2 Å². The molecular formula is C16H15Cl3N4O5S. The molecule has 3 rings (SSSR count). The van der Waals surface area contributed by atoms with Gasteiger partial charge in [-0.25, -0.2) is 13.2 Å². The summed E-state index contributed by atoms with van der Waals surface area (Å²) in [6, 6.07) is 6.36. The highest BCUT2D eigenvalue weighted by atomic mass is 35.5. The van der Waals surface area contributed by atoms with E-state index in [1.807, 2.05) is 0 Å². The first kappa shape index (κ1) is 21.9. The number of phenolic OH excluding ortho intramolecular Hbond substituents is 1. The standard InChI is InChI=1S/C16H15Cl3N4O5S/c17-8-2-1-3-10(13(8)19)20-16(25)21-11-5-4-9(18)15(14(11)24)29(26,27)23-12-6-7-28-22-12/h1-5,12,22-24H,6-7H2,(H2,20,21,25). The first-order valence-corrected chi connectivity index (χ1v) is 10.7. The van der Waals surface area contributed by atoms with Crippen LogP contribution in [0.1, 0.15) is 6.42 Å². The highest BCUT2D eigenvalue weighted by Crippen LogP contribution is 2.37. The van der Waals surface area contributed by atoms with E-state index in [1.54, 1.807) is 12.1 Å². The molecule has 1 aliphatic heterocycles. The van der Waals surface area contributed by atoms with Gasteiger partial charge in [0.15, 0.2) is 5.75 Å². The molecule has 1 aliphatic rings. The second-order valence-corrected chi connectivity index (χ2v) is 8.73. The minimum Gasteiger partial charge on any atom is -0.504 e. The summed E-state index contributed by atoms with van der Waals surface area (Å²) in [5.41, 5.74) is 2.54. The number of hydrogen-bond acceptors (Lipinski definition) is 6. The number of aromatic hydroxyl groups is 1. The van der Waals surface area contributed by atoms with Crippen molar-refractivity contribution in [2.24, 2.45) is 0 Å². The monoisotopic (exact) mass is 480 g/mol. The van der Waals surface area contributed by atoms with Gasteiger partial charge >= 0.3 is 6.03 Å². The number of amides is 2. The maximum absolute atomic E-state index is 12.6. The fourth-order valence-corrected chi connectivity index (χ4v) is 4.66. The van der Waals surface area contributed by atoms with Crippen molar-refractivity contribution in [2.45, 2.75) is 17.5 Å². The van der Waals surface area contributed by atoms with Crippen LogP contribution < -0.4 is 20.8 Å². The van der Waals surface area contributed by atoms with Crippen LogP contribution in [0.5, 0.6) is 5.75 Å². The number of hydrogen-bond donors (Lipinski definition) is 5. The number of sulfonamides is 1. The first-order valence-electron chi connectivity index (χ1n) is 8.12. The number of nitrogens with one attached hydrogen (secondary N) is 4. The molecule has 0 aliphatic carbocycles. The second kappa shape index (κ2) is 8.92. The Hall–Kier alpha value is -1.79. The molecule has 1 unspecified atom stereocenters. The molecule has 2 aromatic carbocycles. The van der Waals surface area contributed by atoms with Crippen molar-refractivity contribution in [3.63, 3.8) is 0 Å². The molecule has 2 aromatic rings. The molecule has 0 radical (unpaired) electrons. The third-order valence-corrected chi connectivity index (χ3v) is 6.62. The molecule has 1 atom stereocenters. The van der Waals surface area contributed by atoms with E-state index in [1.165, 1.54) is 18.2 Å². The highest BCUT2D eigenvalue weighted by Gasteiger charge is 2.29. The molecule has 156 valence electrons. The molecule has 0 aromatic heterocycles. The zero-order valence-corrected chi connectivity index (χ0v) is 17.6. The lowest BCUT2D eigenvalue weighted by molar-refractivity contribution is 0.0866. The third kappa shape index (κ3) is 5.04. The Morgan fingerprint density at radius 2 is 1.83 bits per heavy atom. The smallest absolute Gasteiger partial charge is 0.323 e. The van der Waals surface area contributed by atoms with Gasteiger partial charge in [0.05, 0.1) is 39.2 Å². The average molecular weight is 482 g/mol. The van der Waals surface area contributed by atoms with Gasteiger partial charge in [-0.2, -0.15) is 10.2 Å². The molecule has 0 bridgehead atoms. The van der Waals surface area contributed by atoms with Gasteiger partial charge in [-0.05, 0) is 24.3 Å². The van der Waals surface area contributed by atoms with Gasteiger partial charge in [-0.1, -0.05) is 40.9 Å². The van der Waals surface area contributed by atoms with Crippen LogP contribution >= 0.6 is 34.8 Å². The number of phenols is 1. The van der Waals surface area contributed by atoms with E-state index in [4.69, 9.17) is 39.6 Å². The van der Waals surface area contributed by atoms with Crippen molar-refractivity contribution in [1.82, 2.24) is 10.2 Å². The van der Waals surface area contributed by atoms with E-state index in [0.29, 0.717) is 13.0 Å². The van der Waals surface area contributed by atoms with E-state index in [9.17, 15) is 18.3 Å². The zero-order chi connectivity index (χ0) is 21.2. The van der Waals surface area contributed by atoms with Crippen molar-refractivity contribution in [1.29, 1.82) is 0 Å². The van der Waals surface area contributed by atoms with Crippen LogP contribution in [-0.2, 0) is 14.9 Å². The molecule has 5 N–H and O–H groups in total. The number of hydroxylamine groups is 1. The number of halogens is 3. The summed E-state index contributed by atoms with van der Waals surface area (Å²) in [6.07, 6.45) is -0.293. The van der Waals surface area contributed by atoms with Gasteiger partial charge in [0.1, 0.15) is 4.90 Å². The predicted octanol–water partition coefficient (Wildman–Crippen LogP) is 3.53. The lowest BCUT2D eigenvalue weighted by Crippen LogP contribution is -2.40. The summed E-state index contributed by atoms with van der Waals surface area (Å²) in [5.74, 6) is -0.726. The SMILES string of the molecule is O=C(Nc1ccc(Cl)c(S(=O)(=O)NC2CCON2)c1O)Nc1cccc(Cl)c1Cl. The van der Waals surface area contributed by atoms with Crippen LogP contribution in [0, 0.1) is 0 Å². The normalized spacial score (nSPS) is 16.6. The zero-order valence-electron chi connectivity index (χ0n) is 14.5. The van der Waals surface area contributed by atoms with Crippen LogP contribution in [0.25, 0.3) is 0 Å². The van der Waals surface area contributed by atoms with Gasteiger partial charge in [0.2, 0.25) is 10.0 Å². The molecule has 2 amide bonds. The number of carbonyl (C=O) groups is 1. The summed E-state index contributed by atoms with van der Waals surface area (Å²) in [6.45, 7) is 0.320. The molecule has 0 spiro atoms. The number of benzene rings is 2. The molecule has 1 fully saturated rings. The third-order valence-electron chi connectivity index (χ3n) is 3.83.